The zero-order valence-corrected chi connectivity index (χ0v) is 20.7. The molecule has 0 saturated carbocycles. The number of ether oxygens (including phenoxy) is 3. The van der Waals surface area contributed by atoms with Crippen LogP contribution in [0.25, 0.3) is 6.08 Å². The summed E-state index contributed by atoms with van der Waals surface area (Å²) < 4.78 is 15.6. The lowest BCUT2D eigenvalue weighted by Crippen LogP contribution is -2.35. The Bertz CT molecular complexity index is 972. The lowest BCUT2D eigenvalue weighted by atomic mass is 9.85. The maximum atomic E-state index is 12.3. The average Bonchev–Trinajstić information content (AvgIpc) is 2.74. The quantitative estimate of drug-likeness (QED) is 0.167. The van der Waals surface area contributed by atoms with Gasteiger partial charge in [0.15, 0.2) is 0 Å². The van der Waals surface area contributed by atoms with Crippen molar-refractivity contribution in [2.45, 2.75) is 39.3 Å². The molecule has 0 aliphatic rings. The summed E-state index contributed by atoms with van der Waals surface area (Å²) in [4.78, 5) is 36.4. The molecule has 0 saturated heterocycles. The lowest BCUT2D eigenvalue weighted by molar-refractivity contribution is -0.148. The summed E-state index contributed by atoms with van der Waals surface area (Å²) in [7, 11) is 2.55. The van der Waals surface area contributed by atoms with E-state index in [9.17, 15) is 14.4 Å². The Morgan fingerprint density at radius 3 is 2.09 bits per heavy atom. The van der Waals surface area contributed by atoms with E-state index in [0.717, 1.165) is 5.56 Å². The molecule has 6 nitrogen and oxygen atoms in total. The molecule has 176 valence electrons. The molecule has 2 rings (SSSR count). The van der Waals surface area contributed by atoms with Crippen LogP contribution in [0, 0.1) is 5.41 Å². The normalized spacial score (nSPS) is 13.2. The van der Waals surface area contributed by atoms with Crippen LogP contribution in [-0.2, 0) is 19.1 Å². The van der Waals surface area contributed by atoms with Crippen molar-refractivity contribution in [3.05, 3.63) is 71.8 Å². The van der Waals surface area contributed by atoms with Gasteiger partial charge in [-0.15, -0.1) is 9.24 Å². The number of hydrogen-bond acceptors (Lipinski definition) is 6. The van der Waals surface area contributed by atoms with Gasteiger partial charge in [-0.1, -0.05) is 51.1 Å². The fourth-order valence-corrected chi connectivity index (χ4v) is 3.92. The van der Waals surface area contributed by atoms with Crippen molar-refractivity contribution in [3.63, 3.8) is 0 Å². The third kappa shape index (κ3) is 9.58. The van der Waals surface area contributed by atoms with Gasteiger partial charge in [-0.3, -0.25) is 4.79 Å². The summed E-state index contributed by atoms with van der Waals surface area (Å²) in [6, 6.07) is 15.4. The first-order valence-corrected chi connectivity index (χ1v) is 11.2. The van der Waals surface area contributed by atoms with Gasteiger partial charge in [-0.25, -0.2) is 9.59 Å². The van der Waals surface area contributed by atoms with E-state index in [1.807, 2.05) is 37.3 Å². The van der Waals surface area contributed by atoms with Crippen molar-refractivity contribution in [1.82, 2.24) is 0 Å². The van der Waals surface area contributed by atoms with Gasteiger partial charge < -0.3 is 14.2 Å². The van der Waals surface area contributed by atoms with Crippen molar-refractivity contribution in [2.75, 3.05) is 13.2 Å². The minimum absolute atomic E-state index is 0.0256. The van der Waals surface area contributed by atoms with Crippen LogP contribution in [0.3, 0.4) is 0 Å². The Morgan fingerprint density at radius 2 is 1.48 bits per heavy atom. The van der Waals surface area contributed by atoms with Gasteiger partial charge in [0.05, 0.1) is 10.7 Å². The van der Waals surface area contributed by atoms with Gasteiger partial charge in [0.1, 0.15) is 19.0 Å². The third-order valence-electron chi connectivity index (χ3n) is 4.43. The molecule has 2 atom stereocenters. The van der Waals surface area contributed by atoms with Crippen LogP contribution in [0.4, 0.5) is 0 Å². The van der Waals surface area contributed by atoms with Crippen LogP contribution in [0.2, 0.25) is 0 Å². The molecule has 2 unspecified atom stereocenters. The maximum absolute atomic E-state index is 12.3. The molecule has 2 aromatic carbocycles. The minimum Gasteiger partial charge on any atom is -0.461 e. The fraction of sp³-hybridized carbons (Fsp3) is 0.346. The van der Waals surface area contributed by atoms with E-state index in [0.29, 0.717) is 17.7 Å². The Labute approximate surface area is 197 Å². The summed E-state index contributed by atoms with van der Waals surface area (Å²) in [6.45, 7) is 7.89. The number of benzene rings is 2. The largest absolute Gasteiger partial charge is 0.461 e. The SMILES string of the molecule is CC(C)(C)CC(C)(P)C(=O)OCCOC(=O)c1ccc(OC(=O)/C=C/c2ccccc2)cc1. The number of rotatable bonds is 9. The van der Waals surface area contributed by atoms with E-state index in [1.165, 1.54) is 30.3 Å². The van der Waals surface area contributed by atoms with Gasteiger partial charge in [-0.05, 0) is 54.7 Å². The van der Waals surface area contributed by atoms with E-state index in [4.69, 9.17) is 14.2 Å². The monoisotopic (exact) mass is 470 g/mol. The Kier molecular flexibility index (Phi) is 9.36. The summed E-state index contributed by atoms with van der Waals surface area (Å²) in [5.74, 6) is -1.13. The molecule has 2 aromatic rings. The number of hydrogen-bond donors (Lipinski definition) is 0. The van der Waals surface area contributed by atoms with Gasteiger partial charge in [-0.2, -0.15) is 0 Å². The second kappa shape index (κ2) is 11.8. The molecular weight excluding hydrogens is 439 g/mol. The molecule has 0 aliphatic carbocycles. The summed E-state index contributed by atoms with van der Waals surface area (Å²) in [6.07, 6.45) is 3.63. The molecule has 33 heavy (non-hydrogen) atoms. The molecule has 0 amide bonds. The van der Waals surface area contributed by atoms with Crippen molar-refractivity contribution in [2.24, 2.45) is 5.41 Å². The highest BCUT2D eigenvalue weighted by atomic mass is 31.0. The first-order chi connectivity index (χ1) is 15.5. The average molecular weight is 471 g/mol. The number of carbonyl (C=O) groups excluding carboxylic acids is 3. The standard InChI is InChI=1S/C26H31O6P/c1-25(2,3)18-26(4,33)24(29)31-17-16-30-23(28)20-11-13-21(14-12-20)32-22(27)15-10-19-8-6-5-7-9-19/h5-15H,16-18,33H2,1-4H3/b15-10+. The molecule has 7 heteroatoms. The first-order valence-electron chi connectivity index (χ1n) is 10.6. The summed E-state index contributed by atoms with van der Waals surface area (Å²) in [5.41, 5.74) is 1.15. The Balaban J connectivity index is 1.77. The third-order valence-corrected chi connectivity index (χ3v) is 4.87. The molecule has 0 heterocycles. The second-order valence-corrected chi connectivity index (χ2v) is 10.4. The van der Waals surface area contributed by atoms with Crippen molar-refractivity contribution >= 4 is 33.2 Å². The first kappa shape index (κ1) is 26.3. The summed E-state index contributed by atoms with van der Waals surface area (Å²) >= 11 is 0. The molecule has 0 N–H and O–H groups in total. The van der Waals surface area contributed by atoms with E-state index in [1.54, 1.807) is 6.08 Å². The predicted octanol–water partition coefficient (Wildman–Crippen LogP) is 5.08. The highest BCUT2D eigenvalue weighted by Crippen LogP contribution is 2.34. The van der Waals surface area contributed by atoms with E-state index in [-0.39, 0.29) is 24.6 Å². The molecule has 0 bridgehead atoms. The molecule has 0 fully saturated rings. The van der Waals surface area contributed by atoms with Crippen molar-refractivity contribution in [3.8, 4) is 5.75 Å². The van der Waals surface area contributed by atoms with Crippen LogP contribution in [0.15, 0.2) is 60.7 Å². The molecular formula is C26H31O6P. The zero-order chi connectivity index (χ0) is 24.5. The van der Waals surface area contributed by atoms with E-state index in [2.05, 4.69) is 30.0 Å². The highest BCUT2D eigenvalue weighted by Gasteiger charge is 2.34. The van der Waals surface area contributed by atoms with Crippen molar-refractivity contribution in [1.29, 1.82) is 0 Å². The molecule has 0 radical (unpaired) electrons. The minimum atomic E-state index is -0.703. The van der Waals surface area contributed by atoms with Gasteiger partial charge >= 0.3 is 17.9 Å². The predicted molar refractivity (Wildman–Crippen MR) is 131 cm³/mol. The van der Waals surface area contributed by atoms with E-state index >= 15 is 0 Å². The molecule has 0 spiro atoms. The van der Waals surface area contributed by atoms with Gasteiger partial charge in [0.25, 0.3) is 0 Å². The van der Waals surface area contributed by atoms with Crippen LogP contribution in [0.5, 0.6) is 5.75 Å². The van der Waals surface area contributed by atoms with Gasteiger partial charge in [0, 0.05) is 6.08 Å². The van der Waals surface area contributed by atoms with Crippen LogP contribution < -0.4 is 4.74 Å². The Hall–Kier alpha value is -2.98. The topological polar surface area (TPSA) is 78.9 Å². The zero-order valence-electron chi connectivity index (χ0n) is 19.5. The second-order valence-electron chi connectivity index (χ2n) is 9.12. The summed E-state index contributed by atoms with van der Waals surface area (Å²) in [5, 5.41) is -0.703. The maximum Gasteiger partial charge on any atom is 0.338 e. The molecule has 0 aromatic heterocycles. The fourth-order valence-electron chi connectivity index (χ4n) is 3.23. The van der Waals surface area contributed by atoms with Crippen LogP contribution in [-0.4, -0.2) is 36.3 Å². The lowest BCUT2D eigenvalue weighted by Gasteiger charge is -2.30. The van der Waals surface area contributed by atoms with E-state index < -0.39 is 17.1 Å². The Morgan fingerprint density at radius 1 is 0.879 bits per heavy atom. The van der Waals surface area contributed by atoms with Crippen LogP contribution >= 0.6 is 9.24 Å². The van der Waals surface area contributed by atoms with Crippen molar-refractivity contribution < 1.29 is 28.6 Å². The number of esters is 3. The highest BCUT2D eigenvalue weighted by molar-refractivity contribution is 7.20. The molecule has 0 aliphatic heterocycles. The smallest absolute Gasteiger partial charge is 0.338 e. The van der Waals surface area contributed by atoms with Gasteiger partial charge in [0.2, 0.25) is 0 Å². The number of carbonyl (C=O) groups is 3. The van der Waals surface area contributed by atoms with Crippen LogP contribution in [0.1, 0.15) is 50.0 Å².